The van der Waals surface area contributed by atoms with E-state index in [2.05, 4.69) is 13.5 Å². The van der Waals surface area contributed by atoms with Crippen molar-refractivity contribution in [1.29, 1.82) is 0 Å². The van der Waals surface area contributed by atoms with E-state index in [1.165, 1.54) is 0 Å². The quantitative estimate of drug-likeness (QED) is 0.520. The number of hydrogen-bond donors (Lipinski definition) is 0. The van der Waals surface area contributed by atoms with Crippen LogP contribution in [0.25, 0.3) is 0 Å². The van der Waals surface area contributed by atoms with Crippen molar-refractivity contribution in [2.75, 3.05) is 13.2 Å². The Morgan fingerprint density at radius 2 is 2.29 bits per heavy atom. The molecule has 1 heteroatoms. The molecule has 0 fully saturated rings. The van der Waals surface area contributed by atoms with Crippen molar-refractivity contribution in [2.24, 2.45) is 0 Å². The standard InChI is InChI=1S/C6H11O/c1-4-7-5-6(2)3/h2-5H2,1H3. The average molecular weight is 99.2 g/mol. The highest BCUT2D eigenvalue weighted by Gasteiger charge is 1.79. The van der Waals surface area contributed by atoms with Crippen molar-refractivity contribution < 1.29 is 4.74 Å². The Morgan fingerprint density at radius 1 is 1.71 bits per heavy atom. The first-order valence-electron chi connectivity index (χ1n) is 2.35. The molecule has 0 heterocycles. The van der Waals surface area contributed by atoms with Gasteiger partial charge in [-0.25, -0.2) is 0 Å². The van der Waals surface area contributed by atoms with Crippen molar-refractivity contribution in [3.63, 3.8) is 0 Å². The van der Waals surface area contributed by atoms with Crippen LogP contribution in [-0.2, 0) is 4.74 Å². The molecule has 1 radical (unpaired) electrons. The summed E-state index contributed by atoms with van der Waals surface area (Å²) in [6, 6.07) is 0. The van der Waals surface area contributed by atoms with Gasteiger partial charge in [0.2, 0.25) is 0 Å². The van der Waals surface area contributed by atoms with Gasteiger partial charge in [-0.3, -0.25) is 0 Å². The van der Waals surface area contributed by atoms with E-state index < -0.39 is 0 Å². The lowest BCUT2D eigenvalue weighted by molar-refractivity contribution is 0.173. The Labute approximate surface area is 45.0 Å². The second-order valence-corrected chi connectivity index (χ2v) is 1.39. The van der Waals surface area contributed by atoms with Crippen LogP contribution in [0.2, 0.25) is 0 Å². The molecule has 0 saturated carbocycles. The van der Waals surface area contributed by atoms with E-state index in [4.69, 9.17) is 4.74 Å². The fourth-order valence-electron chi connectivity index (χ4n) is 0.246. The SMILES string of the molecule is [CH2]C(=C)COCC. The van der Waals surface area contributed by atoms with Gasteiger partial charge in [0.15, 0.2) is 0 Å². The Morgan fingerprint density at radius 3 is 2.43 bits per heavy atom. The van der Waals surface area contributed by atoms with Crippen LogP contribution >= 0.6 is 0 Å². The summed E-state index contributed by atoms with van der Waals surface area (Å²) in [4.78, 5) is 0. The normalized spacial score (nSPS) is 8.86. The van der Waals surface area contributed by atoms with Crippen LogP contribution in [0, 0.1) is 6.92 Å². The summed E-state index contributed by atoms with van der Waals surface area (Å²) in [7, 11) is 0. The third-order valence-corrected chi connectivity index (χ3v) is 0.510. The molecule has 0 saturated heterocycles. The first-order chi connectivity index (χ1) is 3.27. The average Bonchev–Trinajstić information content (AvgIpc) is 1.61. The van der Waals surface area contributed by atoms with E-state index in [1.807, 2.05) is 6.92 Å². The minimum Gasteiger partial charge on any atom is -0.377 e. The summed E-state index contributed by atoms with van der Waals surface area (Å²) in [6.45, 7) is 10.4. The Hall–Kier alpha value is -0.300. The van der Waals surface area contributed by atoms with Crippen LogP contribution < -0.4 is 0 Å². The maximum absolute atomic E-state index is 4.93. The van der Waals surface area contributed by atoms with Crippen LogP contribution in [0.1, 0.15) is 6.92 Å². The van der Waals surface area contributed by atoms with Crippen molar-refractivity contribution in [2.45, 2.75) is 6.92 Å². The molecule has 41 valence electrons. The molecule has 0 spiro atoms. The fourth-order valence-corrected chi connectivity index (χ4v) is 0.246. The highest BCUT2D eigenvalue weighted by atomic mass is 16.5. The number of rotatable bonds is 3. The maximum Gasteiger partial charge on any atom is 0.0674 e. The van der Waals surface area contributed by atoms with Crippen molar-refractivity contribution in [3.8, 4) is 0 Å². The zero-order chi connectivity index (χ0) is 5.70. The smallest absolute Gasteiger partial charge is 0.0674 e. The van der Waals surface area contributed by atoms with Gasteiger partial charge in [0, 0.05) is 6.61 Å². The Balaban J connectivity index is 2.82. The lowest BCUT2D eigenvalue weighted by Crippen LogP contribution is -1.92. The molecule has 0 aromatic heterocycles. The molecular formula is C6H11O. The van der Waals surface area contributed by atoms with Crippen LogP contribution in [0.15, 0.2) is 12.2 Å². The molecule has 0 aliphatic carbocycles. The van der Waals surface area contributed by atoms with Crippen molar-refractivity contribution >= 4 is 0 Å². The van der Waals surface area contributed by atoms with Gasteiger partial charge in [0.1, 0.15) is 0 Å². The molecule has 0 amide bonds. The van der Waals surface area contributed by atoms with Gasteiger partial charge in [0.25, 0.3) is 0 Å². The Kier molecular flexibility index (Phi) is 3.71. The van der Waals surface area contributed by atoms with Gasteiger partial charge in [-0.1, -0.05) is 12.2 Å². The largest absolute Gasteiger partial charge is 0.377 e. The minimum absolute atomic E-state index is 0.594. The maximum atomic E-state index is 4.93. The van der Waals surface area contributed by atoms with Gasteiger partial charge in [0.05, 0.1) is 6.61 Å². The summed E-state index contributed by atoms with van der Waals surface area (Å²) in [5.41, 5.74) is 0.835. The first kappa shape index (κ1) is 6.70. The third-order valence-electron chi connectivity index (χ3n) is 0.510. The van der Waals surface area contributed by atoms with Crippen LogP contribution in [0.3, 0.4) is 0 Å². The molecule has 0 N–H and O–H groups in total. The monoisotopic (exact) mass is 99.1 g/mol. The van der Waals surface area contributed by atoms with Gasteiger partial charge in [-0.05, 0) is 13.8 Å². The summed E-state index contributed by atoms with van der Waals surface area (Å²) >= 11 is 0. The van der Waals surface area contributed by atoms with Crippen LogP contribution in [0.4, 0.5) is 0 Å². The van der Waals surface area contributed by atoms with Gasteiger partial charge in [-0.15, -0.1) is 0 Å². The molecule has 0 rings (SSSR count). The number of ether oxygens (including phenoxy) is 1. The van der Waals surface area contributed by atoms with Gasteiger partial charge < -0.3 is 4.74 Å². The summed E-state index contributed by atoms with van der Waals surface area (Å²) in [6.07, 6.45) is 0. The predicted octanol–water partition coefficient (Wildman–Crippen LogP) is 1.41. The highest BCUT2D eigenvalue weighted by Crippen LogP contribution is 1.84. The molecule has 0 aromatic carbocycles. The van der Waals surface area contributed by atoms with Crippen molar-refractivity contribution in [1.82, 2.24) is 0 Å². The van der Waals surface area contributed by atoms with E-state index in [-0.39, 0.29) is 0 Å². The molecular weight excluding hydrogens is 88.1 g/mol. The zero-order valence-corrected chi connectivity index (χ0v) is 4.74. The second kappa shape index (κ2) is 3.88. The molecule has 0 atom stereocenters. The summed E-state index contributed by atoms with van der Waals surface area (Å²) in [5, 5.41) is 0. The van der Waals surface area contributed by atoms with Crippen LogP contribution in [-0.4, -0.2) is 13.2 Å². The van der Waals surface area contributed by atoms with Gasteiger partial charge in [-0.2, -0.15) is 0 Å². The van der Waals surface area contributed by atoms with Crippen LogP contribution in [0.5, 0.6) is 0 Å². The first-order valence-corrected chi connectivity index (χ1v) is 2.35. The summed E-state index contributed by atoms with van der Waals surface area (Å²) < 4.78 is 4.93. The van der Waals surface area contributed by atoms with E-state index in [0.29, 0.717) is 6.61 Å². The fraction of sp³-hybridized carbons (Fsp3) is 0.500. The highest BCUT2D eigenvalue weighted by molar-refractivity contribution is 4.96. The lowest BCUT2D eigenvalue weighted by atomic mass is 10.4. The third kappa shape index (κ3) is 5.70. The minimum atomic E-state index is 0.594. The molecule has 0 aliphatic rings. The van der Waals surface area contributed by atoms with Crippen molar-refractivity contribution in [3.05, 3.63) is 19.1 Å². The van der Waals surface area contributed by atoms with E-state index in [9.17, 15) is 0 Å². The molecule has 7 heavy (non-hydrogen) atoms. The van der Waals surface area contributed by atoms with Gasteiger partial charge >= 0.3 is 0 Å². The molecule has 0 aliphatic heterocycles. The van der Waals surface area contributed by atoms with E-state index >= 15 is 0 Å². The topological polar surface area (TPSA) is 9.23 Å². The van der Waals surface area contributed by atoms with E-state index in [1.54, 1.807) is 0 Å². The van der Waals surface area contributed by atoms with E-state index in [0.717, 1.165) is 12.2 Å². The predicted molar refractivity (Wildman–Crippen MR) is 31.0 cm³/mol. The second-order valence-electron chi connectivity index (χ2n) is 1.39. The lowest BCUT2D eigenvalue weighted by Gasteiger charge is -1.95. The summed E-state index contributed by atoms with van der Waals surface area (Å²) in [5.74, 6) is 0. The number of hydrogen-bond acceptors (Lipinski definition) is 1. The molecule has 0 aromatic rings. The Bertz CT molecular complexity index is 57.2. The molecule has 0 bridgehead atoms. The zero-order valence-electron chi connectivity index (χ0n) is 4.74. The molecule has 1 nitrogen and oxygen atoms in total. The molecule has 0 unspecified atom stereocenters.